The molecule has 4 heteroatoms. The molecule has 1 aliphatic rings. The number of benzene rings is 1. The zero-order valence-corrected chi connectivity index (χ0v) is 12.0. The molecule has 1 atom stereocenters. The minimum atomic E-state index is -0.257. The average molecular weight is 271 g/mol. The molecule has 0 fully saturated rings. The summed E-state index contributed by atoms with van der Waals surface area (Å²) in [4.78, 5) is 2.20. The summed E-state index contributed by atoms with van der Waals surface area (Å²) in [6, 6.07) is 9.12. The van der Waals surface area contributed by atoms with Gasteiger partial charge in [0.05, 0.1) is 0 Å². The first-order valence-corrected chi connectivity index (χ1v) is 6.85. The van der Waals surface area contributed by atoms with Crippen molar-refractivity contribution >= 4 is 5.82 Å². The maximum Gasteiger partial charge on any atom is 0.155 e. The van der Waals surface area contributed by atoms with Crippen LogP contribution in [0.3, 0.4) is 0 Å². The monoisotopic (exact) mass is 271 g/mol. The van der Waals surface area contributed by atoms with Gasteiger partial charge in [-0.2, -0.15) is 0 Å². The molecule has 0 amide bonds. The highest BCUT2D eigenvalue weighted by Gasteiger charge is 2.24. The van der Waals surface area contributed by atoms with Gasteiger partial charge in [-0.15, -0.1) is 5.10 Å². The van der Waals surface area contributed by atoms with E-state index in [0.717, 1.165) is 17.9 Å². The number of halogens is 1. The molecular formula is C16H18FN3. The Bertz CT molecular complexity index is 672. The van der Waals surface area contributed by atoms with Crippen LogP contribution in [-0.4, -0.2) is 15.8 Å². The van der Waals surface area contributed by atoms with E-state index in [1.807, 2.05) is 19.1 Å². The number of rotatable bonds is 2. The van der Waals surface area contributed by atoms with Crippen molar-refractivity contribution in [2.24, 2.45) is 0 Å². The lowest BCUT2D eigenvalue weighted by Gasteiger charge is -2.23. The average Bonchev–Trinajstić information content (AvgIpc) is 2.94. The van der Waals surface area contributed by atoms with E-state index in [2.05, 4.69) is 29.9 Å². The normalized spacial score (nSPS) is 18.5. The highest BCUT2D eigenvalue weighted by molar-refractivity contribution is 5.51. The molecule has 0 spiro atoms. The van der Waals surface area contributed by atoms with Gasteiger partial charge in [-0.25, -0.2) is 9.07 Å². The molecule has 0 radical (unpaired) electrons. The van der Waals surface area contributed by atoms with Crippen LogP contribution >= 0.6 is 0 Å². The second-order valence-electron chi connectivity index (χ2n) is 5.31. The molecule has 20 heavy (non-hydrogen) atoms. The van der Waals surface area contributed by atoms with Gasteiger partial charge in [0.1, 0.15) is 11.5 Å². The van der Waals surface area contributed by atoms with Crippen LogP contribution in [0, 0.1) is 12.7 Å². The molecule has 0 N–H and O–H groups in total. The number of para-hydroxylation sites is 1. The molecule has 0 saturated carbocycles. The second kappa shape index (κ2) is 4.78. The Morgan fingerprint density at radius 3 is 2.65 bits per heavy atom. The van der Waals surface area contributed by atoms with Crippen LogP contribution in [0.15, 0.2) is 42.1 Å². The summed E-state index contributed by atoms with van der Waals surface area (Å²) in [5, 5.41) is 4.59. The molecule has 0 saturated heterocycles. The first-order chi connectivity index (χ1) is 9.58. The first-order valence-electron chi connectivity index (χ1n) is 6.85. The lowest BCUT2D eigenvalue weighted by molar-refractivity contribution is 0.608. The molecule has 1 aromatic carbocycles. The fourth-order valence-corrected chi connectivity index (χ4v) is 2.74. The van der Waals surface area contributed by atoms with Gasteiger partial charge in [0.15, 0.2) is 5.82 Å². The highest BCUT2D eigenvalue weighted by atomic mass is 19.1. The summed E-state index contributed by atoms with van der Waals surface area (Å²) in [7, 11) is 0. The molecule has 0 bridgehead atoms. The Labute approximate surface area is 118 Å². The molecule has 1 unspecified atom stereocenters. The third kappa shape index (κ3) is 2.01. The van der Waals surface area contributed by atoms with Crippen molar-refractivity contribution in [3.05, 3.63) is 53.6 Å². The zero-order chi connectivity index (χ0) is 14.3. The summed E-state index contributed by atoms with van der Waals surface area (Å²) >= 11 is 0. The lowest BCUT2D eigenvalue weighted by Crippen LogP contribution is -2.26. The van der Waals surface area contributed by atoms with Crippen molar-refractivity contribution in [1.82, 2.24) is 9.78 Å². The van der Waals surface area contributed by atoms with Gasteiger partial charge in [0, 0.05) is 23.5 Å². The van der Waals surface area contributed by atoms with Gasteiger partial charge >= 0.3 is 0 Å². The number of nitrogens with zero attached hydrogens (tertiary/aromatic N) is 3. The van der Waals surface area contributed by atoms with E-state index in [0.29, 0.717) is 11.7 Å². The Balaban J connectivity index is 2.04. The van der Waals surface area contributed by atoms with Gasteiger partial charge in [-0.1, -0.05) is 18.2 Å². The standard InChI is InChI=1S/C16H18FN3/c1-11-8-9-12(2)19(11)16-10-13(3)20(18-16)15-7-5-4-6-14(15)17/h4-8,10,12H,9H2,1-3H3. The van der Waals surface area contributed by atoms with Gasteiger partial charge < -0.3 is 4.90 Å². The Morgan fingerprint density at radius 1 is 1.25 bits per heavy atom. The SMILES string of the molecule is CC1=CCC(C)N1c1cc(C)n(-c2ccccc2F)n1. The fourth-order valence-electron chi connectivity index (χ4n) is 2.74. The lowest BCUT2D eigenvalue weighted by atomic mass is 10.2. The van der Waals surface area contributed by atoms with Crippen LogP contribution in [0.25, 0.3) is 5.69 Å². The van der Waals surface area contributed by atoms with Crippen molar-refractivity contribution in [2.75, 3.05) is 4.90 Å². The van der Waals surface area contributed by atoms with Crippen LogP contribution in [0.2, 0.25) is 0 Å². The Hall–Kier alpha value is -2.10. The molecule has 1 aromatic heterocycles. The maximum atomic E-state index is 13.9. The molecule has 3 rings (SSSR count). The predicted molar refractivity (Wildman–Crippen MR) is 78.6 cm³/mol. The summed E-state index contributed by atoms with van der Waals surface area (Å²) in [5.41, 5.74) is 2.62. The van der Waals surface area contributed by atoms with Crippen LogP contribution in [0.4, 0.5) is 10.2 Å². The van der Waals surface area contributed by atoms with Crippen molar-refractivity contribution in [3.8, 4) is 5.69 Å². The summed E-state index contributed by atoms with van der Waals surface area (Å²) < 4.78 is 15.6. The molecule has 2 heterocycles. The molecular weight excluding hydrogens is 253 g/mol. The molecule has 2 aromatic rings. The molecule has 3 nitrogen and oxygen atoms in total. The predicted octanol–water partition coefficient (Wildman–Crippen LogP) is 3.82. The van der Waals surface area contributed by atoms with Gasteiger partial charge in [0.25, 0.3) is 0 Å². The van der Waals surface area contributed by atoms with Crippen LogP contribution < -0.4 is 4.90 Å². The van der Waals surface area contributed by atoms with E-state index >= 15 is 0 Å². The number of allylic oxidation sites excluding steroid dienone is 1. The van der Waals surface area contributed by atoms with Gasteiger partial charge in [0.2, 0.25) is 0 Å². The maximum absolute atomic E-state index is 13.9. The third-order valence-electron chi connectivity index (χ3n) is 3.78. The highest BCUT2D eigenvalue weighted by Crippen LogP contribution is 2.29. The molecule has 0 aliphatic carbocycles. The van der Waals surface area contributed by atoms with Crippen molar-refractivity contribution in [3.63, 3.8) is 0 Å². The van der Waals surface area contributed by atoms with Crippen molar-refractivity contribution < 1.29 is 4.39 Å². The van der Waals surface area contributed by atoms with Crippen LogP contribution in [0.1, 0.15) is 26.0 Å². The van der Waals surface area contributed by atoms with Crippen molar-refractivity contribution in [2.45, 2.75) is 33.2 Å². The van der Waals surface area contributed by atoms with E-state index < -0.39 is 0 Å². The second-order valence-corrected chi connectivity index (χ2v) is 5.31. The summed E-state index contributed by atoms with van der Waals surface area (Å²) in [5.74, 6) is 0.622. The van der Waals surface area contributed by atoms with Gasteiger partial charge in [-0.3, -0.25) is 0 Å². The minimum absolute atomic E-state index is 0.257. The quantitative estimate of drug-likeness (QED) is 0.828. The van der Waals surface area contributed by atoms with E-state index in [9.17, 15) is 4.39 Å². The largest absolute Gasteiger partial charge is 0.326 e. The topological polar surface area (TPSA) is 21.1 Å². The fraction of sp³-hybridized carbons (Fsp3) is 0.312. The number of aromatic nitrogens is 2. The Kier molecular flexibility index (Phi) is 3.08. The molecule has 104 valence electrons. The van der Waals surface area contributed by atoms with Gasteiger partial charge in [-0.05, 0) is 39.3 Å². The van der Waals surface area contributed by atoms with Crippen molar-refractivity contribution in [1.29, 1.82) is 0 Å². The van der Waals surface area contributed by atoms with E-state index in [1.165, 1.54) is 11.8 Å². The number of hydrogen-bond acceptors (Lipinski definition) is 2. The van der Waals surface area contributed by atoms with E-state index in [4.69, 9.17) is 0 Å². The van der Waals surface area contributed by atoms with E-state index in [1.54, 1.807) is 16.8 Å². The van der Waals surface area contributed by atoms with Crippen LogP contribution in [0.5, 0.6) is 0 Å². The molecule has 1 aliphatic heterocycles. The third-order valence-corrected chi connectivity index (χ3v) is 3.78. The summed E-state index contributed by atoms with van der Waals surface area (Å²) in [6.45, 7) is 6.20. The zero-order valence-electron chi connectivity index (χ0n) is 12.0. The summed E-state index contributed by atoms with van der Waals surface area (Å²) in [6.07, 6.45) is 3.24. The van der Waals surface area contributed by atoms with Crippen LogP contribution in [-0.2, 0) is 0 Å². The number of hydrogen-bond donors (Lipinski definition) is 0. The number of anilines is 1. The number of aryl methyl sites for hydroxylation is 1. The Morgan fingerprint density at radius 2 is 2.00 bits per heavy atom. The smallest absolute Gasteiger partial charge is 0.155 e. The minimum Gasteiger partial charge on any atom is -0.326 e. The van der Waals surface area contributed by atoms with E-state index in [-0.39, 0.29) is 5.82 Å². The first kappa shape index (κ1) is 12.9.